The van der Waals surface area contributed by atoms with Crippen molar-refractivity contribution in [3.05, 3.63) is 76.2 Å². The van der Waals surface area contributed by atoms with Crippen LogP contribution in [0.3, 0.4) is 0 Å². The largest absolute Gasteiger partial charge is 0.407 e. The van der Waals surface area contributed by atoms with Crippen molar-refractivity contribution >= 4 is 29.5 Å². The molecule has 2 aromatic rings. The number of ether oxygens (including phenoxy) is 1. The lowest BCUT2D eigenvalue weighted by atomic mass is 10.1. The molecule has 0 saturated heterocycles. The van der Waals surface area contributed by atoms with Gasteiger partial charge in [0.2, 0.25) is 0 Å². The lowest BCUT2D eigenvalue weighted by molar-refractivity contribution is -0.130. The summed E-state index contributed by atoms with van der Waals surface area (Å²) in [5.41, 5.74) is 1.88. The Kier molecular flexibility index (Phi) is 4.53. The Balaban J connectivity index is 1.71. The van der Waals surface area contributed by atoms with E-state index in [4.69, 9.17) is 16.3 Å². The van der Waals surface area contributed by atoms with Crippen LogP contribution < -0.4 is 0 Å². The number of cyclic esters (lactones) is 1. The second kappa shape index (κ2) is 6.75. The summed E-state index contributed by atoms with van der Waals surface area (Å²) >= 11 is 6.10. The summed E-state index contributed by atoms with van der Waals surface area (Å²) in [6, 6.07) is 13.3. The molecule has 5 heteroatoms. The molecule has 0 N–H and O–H groups in total. The number of carbonyl (C=O) groups is 1. The second-order valence-corrected chi connectivity index (χ2v) is 5.47. The zero-order valence-corrected chi connectivity index (χ0v) is 12.9. The van der Waals surface area contributed by atoms with Crippen LogP contribution in [0, 0.1) is 5.82 Å². The number of nitrogens with zero attached hydrogens (tertiary/aromatic N) is 1. The minimum atomic E-state index is -0.497. The summed E-state index contributed by atoms with van der Waals surface area (Å²) < 4.78 is 18.0. The first-order valence-electron chi connectivity index (χ1n) is 7.12. The molecule has 0 aliphatic carbocycles. The first kappa shape index (κ1) is 15.4. The minimum absolute atomic E-state index is 0.214. The molecule has 0 unspecified atom stereocenters. The number of carbonyl (C=O) groups excluding carboxylic acids is 1. The predicted octanol–water partition coefficient (Wildman–Crippen LogP) is 4.41. The molecule has 23 heavy (non-hydrogen) atoms. The molecule has 0 atom stereocenters. The van der Waals surface area contributed by atoms with E-state index >= 15 is 0 Å². The number of esters is 1. The smallest absolute Gasteiger partial charge is 0.363 e. The SMILES string of the molecule is O=C1OC(CCc2ccccc2Cl)=N/C1=C/c1ccc(F)cc1. The maximum atomic E-state index is 12.9. The third-order valence-electron chi connectivity index (χ3n) is 3.40. The summed E-state index contributed by atoms with van der Waals surface area (Å²) in [5, 5.41) is 0.680. The van der Waals surface area contributed by atoms with Gasteiger partial charge in [0, 0.05) is 11.4 Å². The van der Waals surface area contributed by atoms with Crippen LogP contribution in [0.4, 0.5) is 4.39 Å². The van der Waals surface area contributed by atoms with Gasteiger partial charge >= 0.3 is 5.97 Å². The molecule has 0 saturated carbocycles. The highest BCUT2D eigenvalue weighted by Gasteiger charge is 2.22. The topological polar surface area (TPSA) is 38.7 Å². The first-order chi connectivity index (χ1) is 11.1. The minimum Gasteiger partial charge on any atom is -0.407 e. The van der Waals surface area contributed by atoms with E-state index in [-0.39, 0.29) is 11.5 Å². The molecule has 3 rings (SSSR count). The van der Waals surface area contributed by atoms with Gasteiger partial charge in [-0.2, -0.15) is 0 Å². The molecule has 116 valence electrons. The third-order valence-corrected chi connectivity index (χ3v) is 3.77. The van der Waals surface area contributed by atoms with Crippen LogP contribution in [0.15, 0.2) is 59.2 Å². The molecular formula is C18H13ClFNO2. The van der Waals surface area contributed by atoms with E-state index in [1.807, 2.05) is 24.3 Å². The molecule has 0 bridgehead atoms. The number of aliphatic imine (C=N–C) groups is 1. The molecule has 2 aromatic carbocycles. The molecule has 0 aromatic heterocycles. The summed E-state index contributed by atoms with van der Waals surface area (Å²) in [4.78, 5) is 16.0. The van der Waals surface area contributed by atoms with Crippen LogP contribution in [-0.2, 0) is 16.0 Å². The van der Waals surface area contributed by atoms with Crippen LogP contribution in [0.25, 0.3) is 6.08 Å². The van der Waals surface area contributed by atoms with Gasteiger partial charge in [-0.05, 0) is 41.8 Å². The van der Waals surface area contributed by atoms with Crippen LogP contribution >= 0.6 is 11.6 Å². The molecule has 1 aliphatic heterocycles. The fourth-order valence-electron chi connectivity index (χ4n) is 2.22. The van der Waals surface area contributed by atoms with Crippen molar-refractivity contribution in [3.63, 3.8) is 0 Å². The standard InChI is InChI=1S/C18H13ClFNO2/c19-15-4-2-1-3-13(15)7-10-17-21-16(18(22)23-17)11-12-5-8-14(20)9-6-12/h1-6,8-9,11H,7,10H2/b16-11+. The number of halogens is 2. The predicted molar refractivity (Wildman–Crippen MR) is 87.7 cm³/mol. The van der Waals surface area contributed by atoms with E-state index in [0.717, 1.165) is 5.56 Å². The van der Waals surface area contributed by atoms with Gasteiger partial charge in [-0.3, -0.25) is 0 Å². The van der Waals surface area contributed by atoms with Gasteiger partial charge in [0.15, 0.2) is 11.6 Å². The third kappa shape index (κ3) is 3.85. The summed E-state index contributed by atoms with van der Waals surface area (Å²) in [6.45, 7) is 0. The fourth-order valence-corrected chi connectivity index (χ4v) is 2.45. The van der Waals surface area contributed by atoms with Gasteiger partial charge in [0.05, 0.1) is 0 Å². The average molecular weight is 330 g/mol. The van der Waals surface area contributed by atoms with E-state index in [2.05, 4.69) is 4.99 Å². The van der Waals surface area contributed by atoms with Gasteiger partial charge in [-0.15, -0.1) is 0 Å². The molecule has 1 heterocycles. The molecule has 3 nitrogen and oxygen atoms in total. The zero-order valence-electron chi connectivity index (χ0n) is 12.1. The highest BCUT2D eigenvalue weighted by molar-refractivity contribution is 6.31. The van der Waals surface area contributed by atoms with Crippen LogP contribution in [0.5, 0.6) is 0 Å². The van der Waals surface area contributed by atoms with Gasteiger partial charge < -0.3 is 4.74 Å². The Bertz CT molecular complexity index is 797. The molecule has 0 spiro atoms. The van der Waals surface area contributed by atoms with Crippen molar-refractivity contribution in [2.24, 2.45) is 4.99 Å². The van der Waals surface area contributed by atoms with Gasteiger partial charge in [0.25, 0.3) is 0 Å². The highest BCUT2D eigenvalue weighted by atomic mass is 35.5. The van der Waals surface area contributed by atoms with E-state index in [0.29, 0.717) is 29.3 Å². The summed E-state index contributed by atoms with van der Waals surface area (Å²) in [5.74, 6) is -0.461. The van der Waals surface area contributed by atoms with Crippen molar-refractivity contribution in [2.45, 2.75) is 12.8 Å². The van der Waals surface area contributed by atoms with E-state index in [1.54, 1.807) is 18.2 Å². The number of hydrogen-bond acceptors (Lipinski definition) is 3. The summed E-state index contributed by atoms with van der Waals surface area (Å²) in [7, 11) is 0. The second-order valence-electron chi connectivity index (χ2n) is 5.07. The van der Waals surface area contributed by atoms with Gasteiger partial charge in [-0.1, -0.05) is 41.9 Å². The monoisotopic (exact) mass is 329 g/mol. The number of rotatable bonds is 4. The molecule has 0 amide bonds. The van der Waals surface area contributed by atoms with Gasteiger partial charge in [0.1, 0.15) is 5.82 Å². The van der Waals surface area contributed by atoms with Crippen molar-refractivity contribution in [1.29, 1.82) is 0 Å². The zero-order chi connectivity index (χ0) is 16.2. The summed E-state index contributed by atoms with van der Waals surface area (Å²) in [6.07, 6.45) is 2.69. The van der Waals surface area contributed by atoms with E-state index < -0.39 is 5.97 Å². The Morgan fingerprint density at radius 1 is 1.09 bits per heavy atom. The van der Waals surface area contributed by atoms with Crippen LogP contribution in [0.1, 0.15) is 17.5 Å². The fraction of sp³-hybridized carbons (Fsp3) is 0.111. The van der Waals surface area contributed by atoms with Crippen molar-refractivity contribution < 1.29 is 13.9 Å². The molecular weight excluding hydrogens is 317 g/mol. The maximum Gasteiger partial charge on any atom is 0.363 e. The van der Waals surface area contributed by atoms with Crippen molar-refractivity contribution in [2.75, 3.05) is 0 Å². The Morgan fingerprint density at radius 2 is 1.83 bits per heavy atom. The van der Waals surface area contributed by atoms with Crippen LogP contribution in [0.2, 0.25) is 5.02 Å². The lowest BCUT2D eigenvalue weighted by Gasteiger charge is -2.02. The number of hydrogen-bond donors (Lipinski definition) is 0. The normalized spacial score (nSPS) is 15.7. The van der Waals surface area contributed by atoms with Crippen molar-refractivity contribution in [3.8, 4) is 0 Å². The first-order valence-corrected chi connectivity index (χ1v) is 7.50. The average Bonchev–Trinajstić information content (AvgIpc) is 2.89. The highest BCUT2D eigenvalue weighted by Crippen LogP contribution is 2.20. The maximum absolute atomic E-state index is 12.9. The lowest BCUT2D eigenvalue weighted by Crippen LogP contribution is -2.05. The number of benzene rings is 2. The Hall–Kier alpha value is -2.46. The Morgan fingerprint density at radius 3 is 2.57 bits per heavy atom. The van der Waals surface area contributed by atoms with Gasteiger partial charge in [-0.25, -0.2) is 14.2 Å². The molecule has 0 fully saturated rings. The Labute approximate surface area is 138 Å². The van der Waals surface area contributed by atoms with Crippen molar-refractivity contribution in [1.82, 2.24) is 0 Å². The number of aryl methyl sites for hydroxylation is 1. The quantitative estimate of drug-likeness (QED) is 0.615. The van der Waals surface area contributed by atoms with Crippen LogP contribution in [-0.4, -0.2) is 11.9 Å². The molecule has 0 radical (unpaired) electrons. The molecule has 1 aliphatic rings. The van der Waals surface area contributed by atoms with E-state index in [9.17, 15) is 9.18 Å². The van der Waals surface area contributed by atoms with E-state index in [1.165, 1.54) is 12.1 Å².